The maximum Gasteiger partial charge on any atom is 0.246 e. The summed E-state index contributed by atoms with van der Waals surface area (Å²) in [6.45, 7) is 2.45. The molecule has 1 aliphatic rings. The van der Waals surface area contributed by atoms with Crippen molar-refractivity contribution in [2.45, 2.75) is 13.0 Å². The van der Waals surface area contributed by atoms with E-state index in [4.69, 9.17) is 9.47 Å². The Morgan fingerprint density at radius 3 is 2.52 bits per heavy atom. The quantitative estimate of drug-likeness (QED) is 0.829. The number of fused-ring (bicyclic) bond motifs is 1. The molecule has 1 heterocycles. The molecule has 1 atom stereocenters. The number of halogens is 3. The van der Waals surface area contributed by atoms with Crippen molar-refractivity contribution in [2.75, 3.05) is 23.8 Å². The first kappa shape index (κ1) is 16.9. The molecule has 132 valence electrons. The molecule has 3 rings (SSSR count). The smallest absolute Gasteiger partial charge is 0.246 e. The summed E-state index contributed by atoms with van der Waals surface area (Å²) in [5.41, 5.74) is 0.164. The Balaban J connectivity index is 1.68. The summed E-state index contributed by atoms with van der Waals surface area (Å²) < 4.78 is 50.6. The van der Waals surface area contributed by atoms with Crippen LogP contribution in [-0.4, -0.2) is 25.2 Å². The molecule has 5 nitrogen and oxygen atoms in total. The van der Waals surface area contributed by atoms with E-state index in [9.17, 15) is 18.0 Å². The number of ether oxygens (including phenoxy) is 2. The maximum absolute atomic E-state index is 13.6. The van der Waals surface area contributed by atoms with Gasteiger partial charge in [-0.25, -0.2) is 13.2 Å². The van der Waals surface area contributed by atoms with Crippen LogP contribution in [0.1, 0.15) is 6.92 Å². The van der Waals surface area contributed by atoms with Gasteiger partial charge in [-0.2, -0.15) is 0 Å². The molecule has 0 bridgehead atoms. The van der Waals surface area contributed by atoms with E-state index in [1.165, 1.54) is 0 Å². The average Bonchev–Trinajstić information content (AvgIpc) is 2.62. The summed E-state index contributed by atoms with van der Waals surface area (Å²) >= 11 is 0. The molecule has 8 heteroatoms. The van der Waals surface area contributed by atoms with E-state index in [2.05, 4.69) is 10.6 Å². The molecule has 0 radical (unpaired) electrons. The van der Waals surface area contributed by atoms with Crippen LogP contribution in [-0.2, 0) is 4.79 Å². The van der Waals surface area contributed by atoms with E-state index in [1.807, 2.05) is 0 Å². The van der Waals surface area contributed by atoms with Gasteiger partial charge in [0.05, 0.1) is 5.69 Å². The summed E-state index contributed by atoms with van der Waals surface area (Å²) in [6, 6.07) is 6.02. The highest BCUT2D eigenvalue weighted by Crippen LogP contribution is 2.32. The third kappa shape index (κ3) is 3.62. The van der Waals surface area contributed by atoms with E-state index in [0.717, 1.165) is 12.1 Å². The SMILES string of the molecule is C[C@H](Nc1ccc2c(c1)OCCO2)C(=O)Nc1ccc(F)c(F)c1F. The Hall–Kier alpha value is -2.90. The number of anilines is 2. The minimum absolute atomic E-state index is 0.431. The van der Waals surface area contributed by atoms with Gasteiger partial charge < -0.3 is 20.1 Å². The second-order valence-corrected chi connectivity index (χ2v) is 5.44. The van der Waals surface area contributed by atoms with Crippen LogP contribution < -0.4 is 20.1 Å². The Labute approximate surface area is 141 Å². The first-order chi connectivity index (χ1) is 12.0. The lowest BCUT2D eigenvalue weighted by atomic mass is 10.2. The minimum Gasteiger partial charge on any atom is -0.486 e. The monoisotopic (exact) mass is 352 g/mol. The maximum atomic E-state index is 13.6. The van der Waals surface area contributed by atoms with Crippen molar-refractivity contribution < 1.29 is 27.4 Å². The van der Waals surface area contributed by atoms with Crippen LogP contribution >= 0.6 is 0 Å². The lowest BCUT2D eigenvalue weighted by Crippen LogP contribution is -2.32. The van der Waals surface area contributed by atoms with Crippen molar-refractivity contribution in [2.24, 2.45) is 0 Å². The van der Waals surface area contributed by atoms with Crippen molar-refractivity contribution in [1.29, 1.82) is 0 Å². The Bertz CT molecular complexity index is 814. The molecule has 2 aromatic carbocycles. The highest BCUT2D eigenvalue weighted by Gasteiger charge is 2.19. The fraction of sp³-hybridized carbons (Fsp3) is 0.235. The Kier molecular flexibility index (Phi) is 4.69. The van der Waals surface area contributed by atoms with E-state index >= 15 is 0 Å². The Morgan fingerprint density at radius 2 is 1.76 bits per heavy atom. The van der Waals surface area contributed by atoms with Crippen molar-refractivity contribution in [3.05, 3.63) is 47.8 Å². The number of nitrogens with one attached hydrogen (secondary N) is 2. The number of rotatable bonds is 4. The molecule has 0 saturated heterocycles. The van der Waals surface area contributed by atoms with E-state index in [1.54, 1.807) is 25.1 Å². The van der Waals surface area contributed by atoms with Gasteiger partial charge >= 0.3 is 0 Å². The minimum atomic E-state index is -1.63. The predicted molar refractivity (Wildman–Crippen MR) is 85.5 cm³/mol. The second-order valence-electron chi connectivity index (χ2n) is 5.44. The van der Waals surface area contributed by atoms with Gasteiger partial charge in [-0.15, -0.1) is 0 Å². The van der Waals surface area contributed by atoms with Crippen molar-refractivity contribution in [1.82, 2.24) is 0 Å². The number of benzene rings is 2. The third-order valence-corrected chi connectivity index (χ3v) is 3.61. The molecule has 1 aliphatic heterocycles. The highest BCUT2D eigenvalue weighted by molar-refractivity contribution is 5.96. The second kappa shape index (κ2) is 6.92. The van der Waals surface area contributed by atoms with Crippen molar-refractivity contribution in [3.8, 4) is 11.5 Å². The van der Waals surface area contributed by atoms with Gasteiger partial charge in [-0.1, -0.05) is 0 Å². The molecule has 0 saturated carbocycles. The van der Waals surface area contributed by atoms with Crippen molar-refractivity contribution >= 4 is 17.3 Å². The van der Waals surface area contributed by atoms with E-state index < -0.39 is 35.1 Å². The van der Waals surface area contributed by atoms with Crippen LogP contribution in [0.15, 0.2) is 30.3 Å². The molecule has 0 spiro atoms. The standard InChI is InChI=1S/C17H15F3N2O3/c1-9(17(23)22-12-4-3-11(18)15(19)16(12)20)21-10-2-5-13-14(8-10)25-7-6-24-13/h2-5,8-9,21H,6-7H2,1H3,(H,22,23)/t9-/m0/s1. The molecule has 0 unspecified atom stereocenters. The molecular weight excluding hydrogens is 337 g/mol. The van der Waals surface area contributed by atoms with E-state index in [0.29, 0.717) is 30.4 Å². The van der Waals surface area contributed by atoms with Gasteiger partial charge in [0.15, 0.2) is 29.0 Å². The number of hydrogen-bond acceptors (Lipinski definition) is 4. The zero-order valence-electron chi connectivity index (χ0n) is 13.2. The third-order valence-electron chi connectivity index (χ3n) is 3.61. The van der Waals surface area contributed by atoms with Gasteiger partial charge in [0, 0.05) is 11.8 Å². The zero-order valence-corrected chi connectivity index (χ0v) is 13.2. The van der Waals surface area contributed by atoms with Gasteiger partial charge in [0.1, 0.15) is 19.3 Å². The average molecular weight is 352 g/mol. The van der Waals surface area contributed by atoms with Crippen LogP contribution in [0.2, 0.25) is 0 Å². The van der Waals surface area contributed by atoms with Crippen LogP contribution in [0.25, 0.3) is 0 Å². The summed E-state index contributed by atoms with van der Waals surface area (Å²) in [5, 5.41) is 5.14. The Morgan fingerprint density at radius 1 is 1.04 bits per heavy atom. The van der Waals surface area contributed by atoms with Gasteiger partial charge in [0.2, 0.25) is 5.91 Å². The fourth-order valence-electron chi connectivity index (χ4n) is 2.31. The molecule has 2 aromatic rings. The first-order valence-corrected chi connectivity index (χ1v) is 7.56. The van der Waals surface area contributed by atoms with Crippen LogP contribution in [0.3, 0.4) is 0 Å². The van der Waals surface area contributed by atoms with Gasteiger partial charge in [-0.05, 0) is 31.2 Å². The molecule has 1 amide bonds. The largest absolute Gasteiger partial charge is 0.486 e. The molecule has 0 aliphatic carbocycles. The first-order valence-electron chi connectivity index (χ1n) is 7.56. The van der Waals surface area contributed by atoms with Crippen LogP contribution in [0, 0.1) is 17.5 Å². The molecule has 0 aromatic heterocycles. The summed E-state index contributed by atoms with van der Waals surface area (Å²) in [7, 11) is 0. The van der Waals surface area contributed by atoms with Crippen LogP contribution in [0.4, 0.5) is 24.5 Å². The molecule has 2 N–H and O–H groups in total. The predicted octanol–water partition coefficient (Wildman–Crippen LogP) is 3.31. The number of hydrogen-bond donors (Lipinski definition) is 2. The van der Waals surface area contributed by atoms with Crippen molar-refractivity contribution in [3.63, 3.8) is 0 Å². The summed E-state index contributed by atoms with van der Waals surface area (Å²) in [5.74, 6) is -3.85. The zero-order chi connectivity index (χ0) is 18.0. The number of carbonyl (C=O) groups is 1. The normalized spacial score (nSPS) is 13.9. The molecule has 25 heavy (non-hydrogen) atoms. The number of carbonyl (C=O) groups excluding carboxylic acids is 1. The molecule has 0 fully saturated rings. The van der Waals surface area contributed by atoms with E-state index in [-0.39, 0.29) is 0 Å². The van der Waals surface area contributed by atoms with Gasteiger partial charge in [0.25, 0.3) is 0 Å². The summed E-state index contributed by atoms with van der Waals surface area (Å²) in [6.07, 6.45) is 0. The summed E-state index contributed by atoms with van der Waals surface area (Å²) in [4.78, 5) is 12.1. The highest BCUT2D eigenvalue weighted by atomic mass is 19.2. The molecular formula is C17H15F3N2O3. The topological polar surface area (TPSA) is 59.6 Å². The lowest BCUT2D eigenvalue weighted by Gasteiger charge is -2.20. The number of amides is 1. The van der Waals surface area contributed by atoms with Crippen LogP contribution in [0.5, 0.6) is 11.5 Å². The lowest BCUT2D eigenvalue weighted by molar-refractivity contribution is -0.116. The fourth-order valence-corrected chi connectivity index (χ4v) is 2.31. The van der Waals surface area contributed by atoms with Gasteiger partial charge in [-0.3, -0.25) is 4.79 Å².